The van der Waals surface area contributed by atoms with Crippen molar-refractivity contribution in [2.75, 3.05) is 13.2 Å². The maximum atomic E-state index is 12.7. The molecule has 1 aromatic heterocycles. The first-order valence-corrected chi connectivity index (χ1v) is 12.4. The Bertz CT molecular complexity index is 1360. The molecule has 0 spiro atoms. The summed E-state index contributed by atoms with van der Waals surface area (Å²) in [6, 6.07) is 19.1. The molecule has 4 atom stereocenters. The monoisotopic (exact) mass is 521 g/mol. The van der Waals surface area contributed by atoms with E-state index in [0.717, 1.165) is 11.1 Å². The molecule has 38 heavy (non-hydrogen) atoms. The number of azide groups is 1. The second-order valence-electron chi connectivity index (χ2n) is 9.30. The molecule has 1 aliphatic heterocycles. The van der Waals surface area contributed by atoms with Crippen LogP contribution in [0.3, 0.4) is 0 Å². The fourth-order valence-corrected chi connectivity index (χ4v) is 4.64. The molecule has 4 rings (SSSR count). The van der Waals surface area contributed by atoms with Gasteiger partial charge >= 0.3 is 5.69 Å². The summed E-state index contributed by atoms with van der Waals surface area (Å²) in [6.07, 6.45) is -1.17. The molecule has 3 aromatic rings. The molecule has 0 saturated carbocycles. The molecular weight excluding hydrogens is 490 g/mol. The predicted molar refractivity (Wildman–Crippen MR) is 139 cm³/mol. The zero-order valence-corrected chi connectivity index (χ0v) is 21.1. The predicted octanol–water partition coefficient (Wildman–Crippen LogP) is 3.37. The van der Waals surface area contributed by atoms with Crippen molar-refractivity contribution in [3.05, 3.63) is 115 Å². The second kappa shape index (κ2) is 12.7. The van der Waals surface area contributed by atoms with Crippen LogP contribution >= 0.6 is 0 Å². The number of nitrogens with one attached hydrogen (secondary N) is 1. The van der Waals surface area contributed by atoms with Gasteiger partial charge in [0.25, 0.3) is 5.56 Å². The molecule has 0 bridgehead atoms. The van der Waals surface area contributed by atoms with Crippen molar-refractivity contribution >= 4 is 0 Å². The Hall–Kier alpha value is -3.73. The van der Waals surface area contributed by atoms with Crippen LogP contribution in [-0.4, -0.2) is 45.6 Å². The van der Waals surface area contributed by atoms with Crippen molar-refractivity contribution in [2.24, 2.45) is 5.11 Å². The first kappa shape index (κ1) is 27.3. The molecule has 200 valence electrons. The van der Waals surface area contributed by atoms with Gasteiger partial charge in [-0.05, 0) is 36.4 Å². The molecule has 1 aliphatic rings. The van der Waals surface area contributed by atoms with Gasteiger partial charge in [-0.15, -0.1) is 0 Å². The Morgan fingerprint density at radius 1 is 1.11 bits per heavy atom. The summed E-state index contributed by atoms with van der Waals surface area (Å²) < 4.78 is 20.0. The van der Waals surface area contributed by atoms with Crippen LogP contribution in [0.5, 0.6) is 0 Å². The number of rotatable bonds is 12. The lowest BCUT2D eigenvalue weighted by Gasteiger charge is -2.34. The van der Waals surface area contributed by atoms with Crippen LogP contribution in [0.15, 0.2) is 81.6 Å². The number of benzene rings is 2. The van der Waals surface area contributed by atoms with Crippen molar-refractivity contribution in [1.29, 1.82) is 0 Å². The van der Waals surface area contributed by atoms with E-state index in [1.165, 1.54) is 10.8 Å². The van der Waals surface area contributed by atoms with Crippen LogP contribution < -0.4 is 11.2 Å². The van der Waals surface area contributed by atoms with Gasteiger partial charge in [-0.25, -0.2) is 4.79 Å². The Morgan fingerprint density at radius 2 is 1.76 bits per heavy atom. The molecule has 2 aromatic carbocycles. The maximum absolute atomic E-state index is 12.7. The fourth-order valence-electron chi connectivity index (χ4n) is 4.64. The third kappa shape index (κ3) is 6.39. The highest BCUT2D eigenvalue weighted by Crippen LogP contribution is 2.42. The van der Waals surface area contributed by atoms with E-state index in [1.807, 2.05) is 60.7 Å². The average molecular weight is 522 g/mol. The fraction of sp³-hybridized carbons (Fsp3) is 0.407. The number of ether oxygens (including phenoxy) is 3. The first-order chi connectivity index (χ1) is 18.4. The lowest BCUT2D eigenvalue weighted by molar-refractivity contribution is -0.161. The van der Waals surface area contributed by atoms with Crippen LogP contribution in [0.2, 0.25) is 0 Å². The number of hydrogen-bond donors (Lipinski definition) is 2. The largest absolute Gasteiger partial charge is 0.386 e. The minimum Gasteiger partial charge on any atom is -0.386 e. The van der Waals surface area contributed by atoms with Crippen molar-refractivity contribution in [3.8, 4) is 0 Å². The zero-order valence-electron chi connectivity index (χ0n) is 21.1. The molecule has 0 unspecified atom stereocenters. The van der Waals surface area contributed by atoms with Gasteiger partial charge in [-0.1, -0.05) is 65.8 Å². The Labute approximate surface area is 219 Å². The van der Waals surface area contributed by atoms with Gasteiger partial charge < -0.3 is 19.3 Å². The molecule has 11 heteroatoms. The van der Waals surface area contributed by atoms with Gasteiger partial charge in [0, 0.05) is 23.2 Å². The highest BCUT2D eigenvalue weighted by molar-refractivity contribution is 5.15. The SMILES string of the molecule is Cc1cn([C@@H]2O[C@](CCCN=[N+]=[N-])(COCc3ccccc3)[C@@H](OCc3ccccc3)[C@H]2O)c(=O)[nH]c1=O. The van der Waals surface area contributed by atoms with Gasteiger partial charge in [0.1, 0.15) is 17.8 Å². The summed E-state index contributed by atoms with van der Waals surface area (Å²) in [4.78, 5) is 29.8. The first-order valence-electron chi connectivity index (χ1n) is 12.4. The highest BCUT2D eigenvalue weighted by Gasteiger charge is 2.56. The van der Waals surface area contributed by atoms with E-state index in [9.17, 15) is 14.7 Å². The maximum Gasteiger partial charge on any atom is 0.330 e. The van der Waals surface area contributed by atoms with Crippen LogP contribution in [-0.2, 0) is 27.4 Å². The summed E-state index contributed by atoms with van der Waals surface area (Å²) >= 11 is 0. The number of nitrogens with zero attached hydrogens (tertiary/aromatic N) is 4. The Kier molecular flexibility index (Phi) is 9.11. The summed E-state index contributed by atoms with van der Waals surface area (Å²) in [5.41, 5.74) is 8.49. The third-order valence-corrected chi connectivity index (χ3v) is 6.55. The minimum atomic E-state index is -1.26. The van der Waals surface area contributed by atoms with Crippen molar-refractivity contribution in [2.45, 2.75) is 57.0 Å². The molecule has 1 saturated heterocycles. The van der Waals surface area contributed by atoms with E-state index in [0.29, 0.717) is 25.0 Å². The van der Waals surface area contributed by atoms with Crippen molar-refractivity contribution in [3.63, 3.8) is 0 Å². The number of hydrogen-bond acceptors (Lipinski definition) is 7. The summed E-state index contributed by atoms with van der Waals surface area (Å²) in [5, 5.41) is 15.1. The van der Waals surface area contributed by atoms with Gasteiger partial charge in [-0.3, -0.25) is 14.3 Å². The lowest BCUT2D eigenvalue weighted by atomic mass is 9.90. The second-order valence-corrected chi connectivity index (χ2v) is 9.30. The molecule has 1 fully saturated rings. The van der Waals surface area contributed by atoms with E-state index in [2.05, 4.69) is 15.0 Å². The smallest absolute Gasteiger partial charge is 0.330 e. The topological polar surface area (TPSA) is 152 Å². The number of aromatic amines is 1. The molecule has 0 aliphatic carbocycles. The molecular formula is C27H31N5O6. The average Bonchev–Trinajstić information content (AvgIpc) is 3.19. The van der Waals surface area contributed by atoms with Crippen LogP contribution in [0.1, 0.15) is 35.8 Å². The van der Waals surface area contributed by atoms with E-state index >= 15 is 0 Å². The van der Waals surface area contributed by atoms with Crippen LogP contribution in [0, 0.1) is 6.92 Å². The normalized spacial score (nSPS) is 22.7. The number of aliphatic hydroxyl groups excluding tert-OH is 1. The quantitative estimate of drug-likeness (QED) is 0.161. The van der Waals surface area contributed by atoms with E-state index in [4.69, 9.17) is 19.7 Å². The van der Waals surface area contributed by atoms with E-state index in [-0.39, 0.29) is 19.8 Å². The number of aromatic nitrogens is 2. The van der Waals surface area contributed by atoms with E-state index < -0.39 is 35.3 Å². The summed E-state index contributed by atoms with van der Waals surface area (Å²) in [5.74, 6) is 0. The summed E-state index contributed by atoms with van der Waals surface area (Å²) in [7, 11) is 0. The Morgan fingerprint density at radius 3 is 2.42 bits per heavy atom. The summed E-state index contributed by atoms with van der Waals surface area (Å²) in [6.45, 7) is 2.31. The number of H-pyrrole nitrogens is 1. The molecule has 2 heterocycles. The van der Waals surface area contributed by atoms with Gasteiger partial charge in [0.05, 0.1) is 19.8 Å². The molecule has 2 N–H and O–H groups in total. The number of aliphatic hydroxyl groups is 1. The molecule has 0 radical (unpaired) electrons. The van der Waals surface area contributed by atoms with Crippen molar-refractivity contribution in [1.82, 2.24) is 9.55 Å². The van der Waals surface area contributed by atoms with Gasteiger partial charge in [0.2, 0.25) is 0 Å². The highest BCUT2D eigenvalue weighted by atomic mass is 16.6. The van der Waals surface area contributed by atoms with Crippen LogP contribution in [0.25, 0.3) is 10.4 Å². The van der Waals surface area contributed by atoms with Crippen molar-refractivity contribution < 1.29 is 19.3 Å². The van der Waals surface area contributed by atoms with E-state index in [1.54, 1.807) is 6.92 Å². The van der Waals surface area contributed by atoms with Gasteiger partial charge in [-0.2, -0.15) is 0 Å². The van der Waals surface area contributed by atoms with Crippen LogP contribution in [0.4, 0.5) is 0 Å². The third-order valence-electron chi connectivity index (χ3n) is 6.55. The standard InChI is InChI=1S/C27H31N5O6/c1-19-15-32(26(35)30-24(19)34)25-22(33)23(37-17-21-11-6-3-7-12-21)27(38-25,13-8-14-29-31-28)18-36-16-20-9-4-2-5-10-20/h2-7,9-12,15,22-23,25,33H,8,13-14,16-18H2,1H3,(H,30,34,35)/t22-,23+,25-,27-/m1/s1. The lowest BCUT2D eigenvalue weighted by Crippen LogP contribution is -2.48. The van der Waals surface area contributed by atoms with Gasteiger partial charge in [0.15, 0.2) is 6.23 Å². The molecule has 0 amide bonds. The minimum absolute atomic E-state index is 0.0439. The zero-order chi connectivity index (χ0) is 27.0. The number of aryl methyl sites for hydroxylation is 1. The Balaban J connectivity index is 1.67. The molecule has 11 nitrogen and oxygen atoms in total.